The maximum absolute atomic E-state index is 12.3. The molecule has 0 spiro atoms. The van der Waals surface area contributed by atoms with E-state index >= 15 is 0 Å². The van der Waals surface area contributed by atoms with E-state index in [-0.39, 0.29) is 5.91 Å². The van der Waals surface area contributed by atoms with Crippen molar-refractivity contribution < 1.29 is 4.79 Å². The minimum Gasteiger partial charge on any atom is -0.322 e. The Balaban J connectivity index is 1.83. The quantitative estimate of drug-likeness (QED) is 0.705. The van der Waals surface area contributed by atoms with Gasteiger partial charge in [-0.1, -0.05) is 49.4 Å². The van der Waals surface area contributed by atoms with Crippen LogP contribution in [-0.2, 0) is 11.2 Å². The SMILES string of the molecule is CCc1cccc(C)c1NC(=O)/C=C/c1cccc2cccnc12. The minimum atomic E-state index is -0.132. The molecule has 0 unspecified atom stereocenters. The first-order valence-corrected chi connectivity index (χ1v) is 8.10. The molecule has 3 nitrogen and oxygen atoms in total. The van der Waals surface area contributed by atoms with Gasteiger partial charge >= 0.3 is 0 Å². The van der Waals surface area contributed by atoms with Crippen LogP contribution in [0.5, 0.6) is 0 Å². The molecule has 0 bridgehead atoms. The third kappa shape index (κ3) is 3.35. The van der Waals surface area contributed by atoms with Crippen molar-refractivity contribution in [3.63, 3.8) is 0 Å². The van der Waals surface area contributed by atoms with Gasteiger partial charge in [0.05, 0.1) is 5.52 Å². The summed E-state index contributed by atoms with van der Waals surface area (Å²) < 4.78 is 0. The number of para-hydroxylation sites is 2. The molecule has 3 rings (SSSR count). The molecule has 1 heterocycles. The van der Waals surface area contributed by atoms with E-state index in [1.54, 1.807) is 12.3 Å². The maximum atomic E-state index is 12.3. The van der Waals surface area contributed by atoms with Crippen molar-refractivity contribution in [3.8, 4) is 0 Å². The fraction of sp³-hybridized carbons (Fsp3) is 0.143. The van der Waals surface area contributed by atoms with E-state index in [4.69, 9.17) is 0 Å². The van der Waals surface area contributed by atoms with Crippen LogP contribution in [0.4, 0.5) is 5.69 Å². The standard InChI is InChI=1S/C21H20N2O/c1-3-16-8-4-7-15(2)20(16)23-19(24)13-12-18-10-5-9-17-11-6-14-22-21(17)18/h4-14H,3H2,1-2H3,(H,23,24)/b13-12+. The number of aryl methyl sites for hydroxylation is 2. The molecule has 0 saturated heterocycles. The average molecular weight is 316 g/mol. The third-order valence-corrected chi connectivity index (χ3v) is 4.07. The number of hydrogen-bond acceptors (Lipinski definition) is 2. The van der Waals surface area contributed by atoms with Gasteiger partial charge < -0.3 is 5.32 Å². The lowest BCUT2D eigenvalue weighted by atomic mass is 10.1. The predicted octanol–water partition coefficient (Wildman–Crippen LogP) is 4.76. The van der Waals surface area contributed by atoms with Crippen molar-refractivity contribution in [1.82, 2.24) is 4.98 Å². The number of amides is 1. The Bertz CT molecular complexity index is 907. The zero-order valence-corrected chi connectivity index (χ0v) is 13.9. The summed E-state index contributed by atoms with van der Waals surface area (Å²) >= 11 is 0. The Hall–Kier alpha value is -2.94. The topological polar surface area (TPSA) is 42.0 Å². The second kappa shape index (κ2) is 7.09. The molecule has 3 aromatic rings. The Morgan fingerprint density at radius 2 is 1.92 bits per heavy atom. The van der Waals surface area contributed by atoms with Gasteiger partial charge in [0.2, 0.25) is 5.91 Å². The lowest BCUT2D eigenvalue weighted by Gasteiger charge is -2.11. The molecular formula is C21H20N2O. The lowest BCUT2D eigenvalue weighted by Crippen LogP contribution is -2.11. The maximum Gasteiger partial charge on any atom is 0.248 e. The van der Waals surface area contributed by atoms with Crippen molar-refractivity contribution >= 4 is 28.6 Å². The molecule has 0 aliphatic rings. The van der Waals surface area contributed by atoms with Crippen LogP contribution >= 0.6 is 0 Å². The number of hydrogen-bond donors (Lipinski definition) is 1. The molecule has 2 aromatic carbocycles. The molecule has 0 atom stereocenters. The molecule has 120 valence electrons. The third-order valence-electron chi connectivity index (χ3n) is 4.07. The van der Waals surface area contributed by atoms with Crippen molar-refractivity contribution in [2.24, 2.45) is 0 Å². The molecule has 24 heavy (non-hydrogen) atoms. The number of rotatable bonds is 4. The number of nitrogens with one attached hydrogen (secondary N) is 1. The van der Waals surface area contributed by atoms with Crippen LogP contribution in [-0.4, -0.2) is 10.9 Å². The Kier molecular flexibility index (Phi) is 4.71. The number of benzene rings is 2. The van der Waals surface area contributed by atoms with Crippen LogP contribution in [0.3, 0.4) is 0 Å². The summed E-state index contributed by atoms with van der Waals surface area (Å²) in [7, 11) is 0. The highest BCUT2D eigenvalue weighted by atomic mass is 16.1. The zero-order valence-electron chi connectivity index (χ0n) is 13.9. The molecule has 0 saturated carbocycles. The second-order valence-electron chi connectivity index (χ2n) is 5.71. The van der Waals surface area contributed by atoms with E-state index in [1.165, 1.54) is 0 Å². The number of carbonyl (C=O) groups excluding carboxylic acids is 1. The summed E-state index contributed by atoms with van der Waals surface area (Å²) in [5.74, 6) is -0.132. The summed E-state index contributed by atoms with van der Waals surface area (Å²) in [5, 5.41) is 4.06. The van der Waals surface area contributed by atoms with Gasteiger partial charge in [-0.2, -0.15) is 0 Å². The normalized spacial score (nSPS) is 11.1. The molecular weight excluding hydrogens is 296 g/mol. The monoisotopic (exact) mass is 316 g/mol. The smallest absolute Gasteiger partial charge is 0.248 e. The van der Waals surface area contributed by atoms with Crippen molar-refractivity contribution in [2.45, 2.75) is 20.3 Å². The van der Waals surface area contributed by atoms with Crippen LogP contribution in [0.1, 0.15) is 23.6 Å². The molecule has 1 aromatic heterocycles. The van der Waals surface area contributed by atoms with Gasteiger partial charge in [-0.25, -0.2) is 0 Å². The van der Waals surface area contributed by atoms with E-state index in [9.17, 15) is 4.79 Å². The number of carbonyl (C=O) groups is 1. The Morgan fingerprint density at radius 3 is 2.75 bits per heavy atom. The van der Waals surface area contributed by atoms with Crippen molar-refractivity contribution in [3.05, 3.63) is 77.5 Å². The largest absolute Gasteiger partial charge is 0.322 e. The van der Waals surface area contributed by atoms with Gasteiger partial charge in [-0.3, -0.25) is 9.78 Å². The number of anilines is 1. The lowest BCUT2D eigenvalue weighted by molar-refractivity contribution is -0.111. The number of fused-ring (bicyclic) bond motifs is 1. The number of aromatic nitrogens is 1. The summed E-state index contributed by atoms with van der Waals surface area (Å²) in [6, 6.07) is 15.9. The van der Waals surface area contributed by atoms with Gasteiger partial charge in [-0.15, -0.1) is 0 Å². The molecule has 1 N–H and O–H groups in total. The molecule has 0 fully saturated rings. The van der Waals surface area contributed by atoms with Gasteiger partial charge in [0, 0.05) is 28.9 Å². The molecule has 0 radical (unpaired) electrons. The first-order chi connectivity index (χ1) is 11.7. The van der Waals surface area contributed by atoms with Crippen LogP contribution in [0.2, 0.25) is 0 Å². The number of nitrogens with zero attached hydrogens (tertiary/aromatic N) is 1. The predicted molar refractivity (Wildman–Crippen MR) is 100.0 cm³/mol. The van der Waals surface area contributed by atoms with Crippen LogP contribution < -0.4 is 5.32 Å². The van der Waals surface area contributed by atoms with Crippen LogP contribution in [0.25, 0.3) is 17.0 Å². The Labute approximate surface area is 142 Å². The molecule has 1 amide bonds. The van der Waals surface area contributed by atoms with Gasteiger partial charge in [0.1, 0.15) is 0 Å². The zero-order chi connectivity index (χ0) is 16.9. The summed E-state index contributed by atoms with van der Waals surface area (Å²) in [6.07, 6.45) is 6.03. The van der Waals surface area contributed by atoms with Crippen molar-refractivity contribution in [2.75, 3.05) is 5.32 Å². The van der Waals surface area contributed by atoms with E-state index < -0.39 is 0 Å². The second-order valence-corrected chi connectivity index (χ2v) is 5.71. The molecule has 0 aliphatic carbocycles. The van der Waals surface area contributed by atoms with E-state index in [0.29, 0.717) is 0 Å². The molecule has 3 heteroatoms. The summed E-state index contributed by atoms with van der Waals surface area (Å²) in [6.45, 7) is 4.09. The van der Waals surface area contributed by atoms with Gasteiger partial charge in [-0.05, 0) is 36.6 Å². The Morgan fingerprint density at radius 1 is 1.12 bits per heavy atom. The fourth-order valence-electron chi connectivity index (χ4n) is 2.79. The van der Waals surface area contributed by atoms with E-state index in [0.717, 1.165) is 39.7 Å². The average Bonchev–Trinajstić information content (AvgIpc) is 2.61. The molecule has 0 aliphatic heterocycles. The summed E-state index contributed by atoms with van der Waals surface area (Å²) in [4.78, 5) is 16.7. The summed E-state index contributed by atoms with van der Waals surface area (Å²) in [5.41, 5.74) is 4.95. The number of pyridine rings is 1. The van der Waals surface area contributed by atoms with E-state index in [1.807, 2.05) is 61.5 Å². The van der Waals surface area contributed by atoms with Crippen molar-refractivity contribution in [1.29, 1.82) is 0 Å². The minimum absolute atomic E-state index is 0.132. The fourth-order valence-corrected chi connectivity index (χ4v) is 2.79. The van der Waals surface area contributed by atoms with Gasteiger partial charge in [0.25, 0.3) is 0 Å². The first kappa shape index (κ1) is 15.9. The highest BCUT2D eigenvalue weighted by molar-refractivity contribution is 6.04. The highest BCUT2D eigenvalue weighted by Gasteiger charge is 2.06. The van der Waals surface area contributed by atoms with Gasteiger partial charge in [0.15, 0.2) is 0 Å². The van der Waals surface area contributed by atoms with Crippen LogP contribution in [0, 0.1) is 6.92 Å². The van der Waals surface area contributed by atoms with E-state index in [2.05, 4.69) is 17.2 Å². The van der Waals surface area contributed by atoms with Crippen LogP contribution in [0.15, 0.2) is 60.8 Å². The first-order valence-electron chi connectivity index (χ1n) is 8.10. The highest BCUT2D eigenvalue weighted by Crippen LogP contribution is 2.21.